The molecule has 1 saturated heterocycles. The predicted octanol–water partition coefficient (Wildman–Crippen LogP) is 1.97. The van der Waals surface area contributed by atoms with E-state index in [-0.39, 0.29) is 5.91 Å². The minimum Gasteiger partial charge on any atom is -0.348 e. The van der Waals surface area contributed by atoms with Crippen molar-refractivity contribution in [1.82, 2.24) is 9.80 Å². The van der Waals surface area contributed by atoms with Crippen LogP contribution in [-0.4, -0.2) is 42.9 Å². The van der Waals surface area contributed by atoms with Crippen LogP contribution in [0.5, 0.6) is 0 Å². The summed E-state index contributed by atoms with van der Waals surface area (Å²) in [6.45, 7) is 1.59. The Kier molecular flexibility index (Phi) is 3.61. The first-order valence-corrected chi connectivity index (χ1v) is 6.59. The molecule has 1 aliphatic heterocycles. The number of hydrogen-bond donors (Lipinski definition) is 0. The van der Waals surface area contributed by atoms with Gasteiger partial charge in [-0.15, -0.1) is 0 Å². The zero-order chi connectivity index (χ0) is 11.5. The Balaban J connectivity index is 2.01. The van der Waals surface area contributed by atoms with Crippen molar-refractivity contribution >= 4 is 17.2 Å². The van der Waals surface area contributed by atoms with Crippen LogP contribution in [0.15, 0.2) is 16.8 Å². The van der Waals surface area contributed by atoms with Gasteiger partial charge in [-0.1, -0.05) is 0 Å². The molecular weight excluding hydrogens is 220 g/mol. The summed E-state index contributed by atoms with van der Waals surface area (Å²) in [6.07, 6.45) is 2.37. The van der Waals surface area contributed by atoms with E-state index in [9.17, 15) is 4.79 Å². The van der Waals surface area contributed by atoms with Crippen molar-refractivity contribution in [2.24, 2.45) is 0 Å². The standard InChI is InChI=1S/C12H18N2OS/c1-13(2)12(15)8-14-6-3-4-11(14)10-5-7-16-9-10/h5,7,9,11H,3-4,6,8H2,1-2H3. The summed E-state index contributed by atoms with van der Waals surface area (Å²) in [6, 6.07) is 2.63. The molecule has 2 rings (SSSR count). The highest BCUT2D eigenvalue weighted by atomic mass is 32.1. The lowest BCUT2D eigenvalue weighted by Crippen LogP contribution is -2.36. The Morgan fingerprint density at radius 2 is 2.44 bits per heavy atom. The average molecular weight is 238 g/mol. The first-order valence-electron chi connectivity index (χ1n) is 5.65. The lowest BCUT2D eigenvalue weighted by atomic mass is 10.1. The summed E-state index contributed by atoms with van der Waals surface area (Å²) in [4.78, 5) is 15.7. The second kappa shape index (κ2) is 4.97. The van der Waals surface area contributed by atoms with Gasteiger partial charge in [0.25, 0.3) is 0 Å². The Morgan fingerprint density at radius 1 is 1.62 bits per heavy atom. The third-order valence-electron chi connectivity index (χ3n) is 3.13. The highest BCUT2D eigenvalue weighted by Gasteiger charge is 2.27. The van der Waals surface area contributed by atoms with Crippen molar-refractivity contribution in [3.8, 4) is 0 Å². The summed E-state index contributed by atoms with van der Waals surface area (Å²) in [7, 11) is 3.63. The van der Waals surface area contributed by atoms with Crippen molar-refractivity contribution in [2.45, 2.75) is 18.9 Å². The molecule has 0 saturated carbocycles. The SMILES string of the molecule is CN(C)C(=O)CN1CCCC1c1ccsc1. The summed E-state index contributed by atoms with van der Waals surface area (Å²) < 4.78 is 0. The third kappa shape index (κ3) is 2.44. The Morgan fingerprint density at radius 3 is 3.06 bits per heavy atom. The molecule has 1 unspecified atom stereocenters. The summed E-state index contributed by atoms with van der Waals surface area (Å²) in [5.74, 6) is 0.196. The molecule has 1 aromatic heterocycles. The Labute approximate surface area is 101 Å². The fourth-order valence-corrected chi connectivity index (χ4v) is 2.88. The van der Waals surface area contributed by atoms with E-state index < -0.39 is 0 Å². The molecule has 1 aliphatic rings. The molecule has 0 aliphatic carbocycles. The van der Waals surface area contributed by atoms with E-state index >= 15 is 0 Å². The van der Waals surface area contributed by atoms with Gasteiger partial charge in [0.2, 0.25) is 5.91 Å². The molecule has 1 aromatic rings. The molecule has 4 heteroatoms. The maximum atomic E-state index is 11.7. The number of likely N-dealkylation sites (tertiary alicyclic amines) is 1. The van der Waals surface area contributed by atoms with Crippen molar-refractivity contribution in [3.63, 3.8) is 0 Å². The predicted molar refractivity (Wildman–Crippen MR) is 66.6 cm³/mol. The van der Waals surface area contributed by atoms with Crippen LogP contribution in [0, 0.1) is 0 Å². The number of hydrogen-bond acceptors (Lipinski definition) is 3. The van der Waals surface area contributed by atoms with Crippen molar-refractivity contribution in [3.05, 3.63) is 22.4 Å². The molecule has 0 aromatic carbocycles. The number of rotatable bonds is 3. The van der Waals surface area contributed by atoms with Gasteiger partial charge in [0, 0.05) is 20.1 Å². The average Bonchev–Trinajstić information content (AvgIpc) is 2.85. The van der Waals surface area contributed by atoms with E-state index in [1.165, 1.54) is 18.4 Å². The maximum absolute atomic E-state index is 11.7. The molecule has 0 N–H and O–H groups in total. The normalized spacial score (nSPS) is 21.2. The molecule has 0 spiro atoms. The van der Waals surface area contributed by atoms with Crippen molar-refractivity contribution < 1.29 is 4.79 Å². The topological polar surface area (TPSA) is 23.6 Å². The lowest BCUT2D eigenvalue weighted by Gasteiger charge is -2.24. The minimum atomic E-state index is 0.196. The van der Waals surface area contributed by atoms with E-state index in [4.69, 9.17) is 0 Å². The van der Waals surface area contributed by atoms with Crippen LogP contribution in [0.1, 0.15) is 24.4 Å². The fraction of sp³-hybridized carbons (Fsp3) is 0.583. The number of carbonyl (C=O) groups excluding carboxylic acids is 1. The van der Waals surface area contributed by atoms with Crippen molar-refractivity contribution in [2.75, 3.05) is 27.2 Å². The molecule has 3 nitrogen and oxygen atoms in total. The van der Waals surface area contributed by atoms with E-state index in [0.29, 0.717) is 12.6 Å². The summed E-state index contributed by atoms with van der Waals surface area (Å²) >= 11 is 1.73. The minimum absolute atomic E-state index is 0.196. The van der Waals surface area contributed by atoms with E-state index in [0.717, 1.165) is 6.54 Å². The number of carbonyl (C=O) groups is 1. The maximum Gasteiger partial charge on any atom is 0.236 e. The van der Waals surface area contributed by atoms with Crippen LogP contribution in [0.3, 0.4) is 0 Å². The molecule has 1 amide bonds. The summed E-state index contributed by atoms with van der Waals surface area (Å²) in [5, 5.41) is 4.31. The molecule has 0 radical (unpaired) electrons. The summed E-state index contributed by atoms with van der Waals surface area (Å²) in [5.41, 5.74) is 1.37. The quantitative estimate of drug-likeness (QED) is 0.804. The van der Waals surface area contributed by atoms with Crippen LogP contribution < -0.4 is 0 Å². The zero-order valence-electron chi connectivity index (χ0n) is 9.85. The molecular formula is C12H18N2OS. The van der Waals surface area contributed by atoms with E-state index in [1.54, 1.807) is 16.2 Å². The monoisotopic (exact) mass is 238 g/mol. The largest absolute Gasteiger partial charge is 0.348 e. The van der Waals surface area contributed by atoms with Gasteiger partial charge in [0.1, 0.15) is 0 Å². The fourth-order valence-electron chi connectivity index (χ4n) is 2.17. The number of nitrogens with zero attached hydrogens (tertiary/aromatic N) is 2. The van der Waals surface area contributed by atoms with Gasteiger partial charge < -0.3 is 4.90 Å². The molecule has 88 valence electrons. The van der Waals surface area contributed by atoms with Crippen LogP contribution in [-0.2, 0) is 4.79 Å². The molecule has 1 atom stereocenters. The van der Waals surface area contributed by atoms with Gasteiger partial charge in [0.05, 0.1) is 6.54 Å². The van der Waals surface area contributed by atoms with Crippen LogP contribution in [0.25, 0.3) is 0 Å². The van der Waals surface area contributed by atoms with Gasteiger partial charge in [-0.25, -0.2) is 0 Å². The van der Waals surface area contributed by atoms with Gasteiger partial charge in [-0.05, 0) is 41.8 Å². The molecule has 2 heterocycles. The first kappa shape index (κ1) is 11.6. The first-order chi connectivity index (χ1) is 7.68. The molecule has 1 fully saturated rings. The smallest absolute Gasteiger partial charge is 0.236 e. The van der Waals surface area contributed by atoms with Crippen LogP contribution in [0.4, 0.5) is 0 Å². The van der Waals surface area contributed by atoms with Crippen LogP contribution in [0.2, 0.25) is 0 Å². The highest BCUT2D eigenvalue weighted by molar-refractivity contribution is 7.07. The Bertz CT molecular complexity index is 348. The number of thiophene rings is 1. The second-order valence-corrected chi connectivity index (χ2v) is 5.25. The number of amides is 1. The third-order valence-corrected chi connectivity index (χ3v) is 3.83. The number of likely N-dealkylation sites (N-methyl/N-ethyl adjacent to an activating group) is 1. The van der Waals surface area contributed by atoms with Gasteiger partial charge in [0.15, 0.2) is 0 Å². The van der Waals surface area contributed by atoms with Gasteiger partial charge in [-0.2, -0.15) is 11.3 Å². The highest BCUT2D eigenvalue weighted by Crippen LogP contribution is 2.32. The molecule has 0 bridgehead atoms. The Hall–Kier alpha value is -0.870. The lowest BCUT2D eigenvalue weighted by molar-refractivity contribution is -0.130. The van der Waals surface area contributed by atoms with Gasteiger partial charge in [-0.3, -0.25) is 9.69 Å². The van der Waals surface area contributed by atoms with Crippen molar-refractivity contribution in [1.29, 1.82) is 0 Å². The van der Waals surface area contributed by atoms with Crippen LogP contribution >= 0.6 is 11.3 Å². The van der Waals surface area contributed by atoms with E-state index in [1.807, 2.05) is 14.1 Å². The van der Waals surface area contributed by atoms with Gasteiger partial charge >= 0.3 is 0 Å². The zero-order valence-corrected chi connectivity index (χ0v) is 10.7. The second-order valence-electron chi connectivity index (χ2n) is 4.47. The van der Waals surface area contributed by atoms with E-state index in [2.05, 4.69) is 21.7 Å². The molecule has 16 heavy (non-hydrogen) atoms.